The molecule has 0 aromatic heterocycles. The molecule has 8 nitrogen and oxygen atoms in total. The molecule has 29 heavy (non-hydrogen) atoms. The van der Waals surface area contributed by atoms with Crippen LogP contribution in [0.15, 0.2) is 53.4 Å². The number of rotatable bonds is 7. The van der Waals surface area contributed by atoms with Crippen LogP contribution >= 0.6 is 0 Å². The number of nitrogens with zero attached hydrogens (tertiary/aromatic N) is 2. The van der Waals surface area contributed by atoms with Crippen LogP contribution in [-0.4, -0.2) is 65.6 Å². The fourth-order valence-electron chi connectivity index (χ4n) is 2.94. The molecule has 2 aromatic carbocycles. The predicted molar refractivity (Wildman–Crippen MR) is 114 cm³/mol. The first-order valence-electron chi connectivity index (χ1n) is 9.35. The van der Waals surface area contributed by atoms with Crippen molar-refractivity contribution < 1.29 is 17.9 Å². The van der Waals surface area contributed by atoms with E-state index in [0.717, 1.165) is 36.3 Å². The quantitative estimate of drug-likeness (QED) is 0.713. The summed E-state index contributed by atoms with van der Waals surface area (Å²) in [7, 11) is -0.560. The first kappa shape index (κ1) is 21.1. The van der Waals surface area contributed by atoms with E-state index in [1.165, 1.54) is 26.2 Å². The second-order valence-corrected chi connectivity index (χ2v) is 9.02. The van der Waals surface area contributed by atoms with Crippen LogP contribution < -0.4 is 15.5 Å². The molecule has 1 saturated heterocycles. The molecule has 2 N–H and O–H groups in total. The Labute approximate surface area is 171 Å². The summed E-state index contributed by atoms with van der Waals surface area (Å²) in [5.41, 5.74) is 2.37. The normalized spacial score (nSPS) is 14.7. The lowest BCUT2D eigenvalue weighted by Crippen LogP contribution is -2.36. The maximum atomic E-state index is 12.2. The van der Waals surface area contributed by atoms with Crippen molar-refractivity contribution in [2.24, 2.45) is 0 Å². The van der Waals surface area contributed by atoms with Crippen LogP contribution in [0, 0.1) is 0 Å². The lowest BCUT2D eigenvalue weighted by Gasteiger charge is -2.28. The SMILES string of the molecule is CN(C)S(=O)(=O)c1cccc(NCC(=O)Nc2ccc(N3CCOCC3)cc2)c1. The van der Waals surface area contributed by atoms with Crippen LogP contribution in [0.5, 0.6) is 0 Å². The summed E-state index contributed by atoms with van der Waals surface area (Å²) < 4.78 is 30.9. The number of benzene rings is 2. The summed E-state index contributed by atoms with van der Waals surface area (Å²) >= 11 is 0. The first-order chi connectivity index (χ1) is 13.9. The number of hydrogen-bond donors (Lipinski definition) is 2. The molecule has 0 atom stereocenters. The van der Waals surface area contributed by atoms with Crippen molar-refractivity contribution in [3.63, 3.8) is 0 Å². The molecule has 9 heteroatoms. The Balaban J connectivity index is 1.55. The van der Waals surface area contributed by atoms with Crippen LogP contribution in [0.2, 0.25) is 0 Å². The van der Waals surface area contributed by atoms with Crippen LogP contribution in [0.1, 0.15) is 0 Å². The van der Waals surface area contributed by atoms with Gasteiger partial charge in [0.1, 0.15) is 0 Å². The molecule has 1 heterocycles. The predicted octanol–water partition coefficient (Wildman–Crippen LogP) is 1.82. The van der Waals surface area contributed by atoms with E-state index < -0.39 is 10.0 Å². The fourth-order valence-corrected chi connectivity index (χ4v) is 3.89. The Bertz CT molecular complexity index is 939. The summed E-state index contributed by atoms with van der Waals surface area (Å²) in [4.78, 5) is 14.6. The maximum Gasteiger partial charge on any atom is 0.243 e. The molecule has 3 rings (SSSR count). The highest BCUT2D eigenvalue weighted by molar-refractivity contribution is 7.89. The highest BCUT2D eigenvalue weighted by atomic mass is 32.2. The molecule has 0 unspecified atom stereocenters. The van der Waals surface area contributed by atoms with Gasteiger partial charge in [0.05, 0.1) is 24.7 Å². The standard InChI is InChI=1S/C20H26N4O4S/c1-23(2)29(26,27)19-5-3-4-17(14-19)21-15-20(25)22-16-6-8-18(9-7-16)24-10-12-28-13-11-24/h3-9,14,21H,10-13,15H2,1-2H3,(H,22,25). The number of nitrogens with one attached hydrogen (secondary N) is 2. The Morgan fingerprint density at radius 2 is 1.76 bits per heavy atom. The Kier molecular flexibility index (Phi) is 6.73. The van der Waals surface area contributed by atoms with Gasteiger partial charge in [-0.1, -0.05) is 6.07 Å². The second kappa shape index (κ2) is 9.25. The minimum absolute atomic E-state index is 0.0245. The van der Waals surface area contributed by atoms with Crippen LogP contribution in [-0.2, 0) is 19.6 Å². The fraction of sp³-hybridized carbons (Fsp3) is 0.350. The van der Waals surface area contributed by atoms with Gasteiger partial charge in [-0.2, -0.15) is 0 Å². The molecule has 1 fully saturated rings. The topological polar surface area (TPSA) is 91.0 Å². The molecule has 0 spiro atoms. The Morgan fingerprint density at radius 3 is 2.41 bits per heavy atom. The van der Waals surface area contributed by atoms with Crippen LogP contribution in [0.25, 0.3) is 0 Å². The lowest BCUT2D eigenvalue weighted by molar-refractivity contribution is -0.114. The highest BCUT2D eigenvalue weighted by Gasteiger charge is 2.17. The number of ether oxygens (including phenoxy) is 1. The monoisotopic (exact) mass is 418 g/mol. The summed E-state index contributed by atoms with van der Waals surface area (Å²) in [6, 6.07) is 14.1. The first-order valence-corrected chi connectivity index (χ1v) is 10.8. The van der Waals surface area contributed by atoms with E-state index in [4.69, 9.17) is 4.74 Å². The molecule has 0 saturated carbocycles. The molecule has 1 aliphatic rings. The van der Waals surface area contributed by atoms with Crippen LogP contribution in [0.3, 0.4) is 0 Å². The van der Waals surface area contributed by atoms with E-state index >= 15 is 0 Å². The van der Waals surface area contributed by atoms with Crippen molar-refractivity contribution >= 4 is 33.0 Å². The molecule has 1 amide bonds. The Morgan fingerprint density at radius 1 is 1.07 bits per heavy atom. The van der Waals surface area contributed by atoms with Crippen molar-refractivity contribution in [3.8, 4) is 0 Å². The molecule has 2 aromatic rings. The number of morpholine rings is 1. The van der Waals surface area contributed by atoms with Gasteiger partial charge in [0.15, 0.2) is 0 Å². The summed E-state index contributed by atoms with van der Waals surface area (Å²) in [5.74, 6) is -0.218. The van der Waals surface area contributed by atoms with Gasteiger partial charge < -0.3 is 20.3 Å². The largest absolute Gasteiger partial charge is 0.378 e. The number of amides is 1. The number of carbonyl (C=O) groups excluding carboxylic acids is 1. The van der Waals surface area contributed by atoms with Gasteiger partial charge in [0.2, 0.25) is 15.9 Å². The van der Waals surface area contributed by atoms with Gasteiger partial charge in [0.25, 0.3) is 0 Å². The minimum Gasteiger partial charge on any atom is -0.378 e. The van der Waals surface area contributed by atoms with E-state index in [1.807, 2.05) is 24.3 Å². The molecule has 156 valence electrons. The van der Waals surface area contributed by atoms with Crippen LogP contribution in [0.4, 0.5) is 17.1 Å². The summed E-state index contributed by atoms with van der Waals surface area (Å²) in [6.45, 7) is 3.19. The molecule has 0 radical (unpaired) electrons. The minimum atomic E-state index is -3.52. The Hall–Kier alpha value is -2.62. The van der Waals surface area contributed by atoms with E-state index in [2.05, 4.69) is 15.5 Å². The van der Waals surface area contributed by atoms with E-state index in [9.17, 15) is 13.2 Å². The van der Waals surface area contributed by atoms with Crippen molar-refractivity contribution in [2.75, 3.05) is 62.5 Å². The molecule has 1 aliphatic heterocycles. The van der Waals surface area contributed by atoms with Gasteiger partial charge in [-0.25, -0.2) is 12.7 Å². The summed E-state index contributed by atoms with van der Waals surface area (Å²) in [5, 5.41) is 5.80. The van der Waals surface area contributed by atoms with Gasteiger partial charge in [-0.15, -0.1) is 0 Å². The number of sulfonamides is 1. The number of anilines is 3. The molecular formula is C20H26N4O4S. The second-order valence-electron chi connectivity index (χ2n) is 6.86. The number of hydrogen-bond acceptors (Lipinski definition) is 6. The number of carbonyl (C=O) groups is 1. The average Bonchev–Trinajstić information content (AvgIpc) is 2.73. The third kappa shape index (κ3) is 5.47. The average molecular weight is 419 g/mol. The molecule has 0 bridgehead atoms. The van der Waals surface area contributed by atoms with Crippen molar-refractivity contribution in [1.29, 1.82) is 0 Å². The van der Waals surface area contributed by atoms with Crippen molar-refractivity contribution in [1.82, 2.24) is 4.31 Å². The molecular weight excluding hydrogens is 392 g/mol. The maximum absolute atomic E-state index is 12.2. The third-order valence-corrected chi connectivity index (χ3v) is 6.40. The lowest BCUT2D eigenvalue weighted by atomic mass is 10.2. The highest BCUT2D eigenvalue weighted by Crippen LogP contribution is 2.20. The van der Waals surface area contributed by atoms with Gasteiger partial charge in [0, 0.05) is 44.2 Å². The third-order valence-electron chi connectivity index (χ3n) is 4.59. The zero-order valence-corrected chi connectivity index (χ0v) is 17.4. The summed E-state index contributed by atoms with van der Waals surface area (Å²) in [6.07, 6.45) is 0. The zero-order chi connectivity index (χ0) is 20.9. The zero-order valence-electron chi connectivity index (χ0n) is 16.6. The van der Waals surface area contributed by atoms with E-state index in [0.29, 0.717) is 11.4 Å². The smallest absolute Gasteiger partial charge is 0.243 e. The van der Waals surface area contributed by atoms with Crippen molar-refractivity contribution in [2.45, 2.75) is 4.90 Å². The van der Waals surface area contributed by atoms with Gasteiger partial charge in [-0.05, 0) is 42.5 Å². The van der Waals surface area contributed by atoms with Gasteiger partial charge in [-0.3, -0.25) is 4.79 Å². The van der Waals surface area contributed by atoms with E-state index in [-0.39, 0.29) is 17.3 Å². The van der Waals surface area contributed by atoms with Gasteiger partial charge >= 0.3 is 0 Å². The van der Waals surface area contributed by atoms with E-state index in [1.54, 1.807) is 12.1 Å². The van der Waals surface area contributed by atoms with Crippen molar-refractivity contribution in [3.05, 3.63) is 48.5 Å². The molecule has 0 aliphatic carbocycles.